The number of anilines is 2. The maximum atomic E-state index is 13.2. The van der Waals surface area contributed by atoms with E-state index in [1.165, 1.54) is 23.1 Å². The number of thioether (sulfide) groups is 1. The van der Waals surface area contributed by atoms with E-state index >= 15 is 0 Å². The van der Waals surface area contributed by atoms with Crippen molar-refractivity contribution in [3.8, 4) is 11.3 Å². The lowest BCUT2D eigenvalue weighted by molar-refractivity contribution is -0.128. The highest BCUT2D eigenvalue weighted by Crippen LogP contribution is 2.45. The Bertz CT molecular complexity index is 1080. The number of benzene rings is 2. The van der Waals surface area contributed by atoms with Gasteiger partial charge in [0.25, 0.3) is 11.8 Å². The highest BCUT2D eigenvalue weighted by Gasteiger charge is 2.49. The van der Waals surface area contributed by atoms with E-state index in [9.17, 15) is 9.59 Å². The third-order valence-electron chi connectivity index (χ3n) is 4.74. The van der Waals surface area contributed by atoms with E-state index in [1.54, 1.807) is 11.8 Å². The molecule has 1 unspecified atom stereocenters. The number of halogens is 1. The number of hydrogen-bond acceptors (Lipinski definition) is 5. The normalized spacial score (nSPS) is 18.4. The number of carbonyl (C=O) groups is 2. The van der Waals surface area contributed by atoms with Gasteiger partial charge in [-0.15, -0.1) is 11.3 Å². The van der Waals surface area contributed by atoms with Crippen LogP contribution in [0.25, 0.3) is 11.3 Å². The Morgan fingerprint density at radius 1 is 1.21 bits per heavy atom. The van der Waals surface area contributed by atoms with Crippen LogP contribution < -0.4 is 10.2 Å². The zero-order chi connectivity index (χ0) is 20.6. The van der Waals surface area contributed by atoms with Crippen LogP contribution in [0.15, 0.2) is 63.3 Å². The second kappa shape index (κ2) is 7.93. The molecule has 0 spiro atoms. The molecule has 29 heavy (non-hydrogen) atoms. The molecule has 0 aliphatic carbocycles. The number of thiazole rings is 1. The summed E-state index contributed by atoms with van der Waals surface area (Å²) in [7, 11) is 0. The van der Waals surface area contributed by atoms with Crippen LogP contribution in [0.5, 0.6) is 0 Å². The molecule has 0 saturated heterocycles. The summed E-state index contributed by atoms with van der Waals surface area (Å²) in [5, 5.41) is 5.22. The van der Waals surface area contributed by atoms with Crippen molar-refractivity contribution in [2.24, 2.45) is 0 Å². The van der Waals surface area contributed by atoms with Gasteiger partial charge in [-0.2, -0.15) is 0 Å². The summed E-state index contributed by atoms with van der Waals surface area (Å²) < 4.78 is -0.264. The molecule has 1 aromatic heterocycles. The standard InChI is InChI=1S/C21H18BrN3O2S2/c1-3-25-16-6-4-5-7-17(16)29-21(2,19(25)27)18(26)24-20-23-15(12-28-20)13-8-10-14(22)11-9-13/h4-12H,3H2,1-2H3,(H,23,24,26). The first kappa shape index (κ1) is 20.1. The number of fused-ring (bicyclic) bond motifs is 1. The van der Waals surface area contributed by atoms with E-state index in [0.717, 1.165) is 26.3 Å². The Balaban J connectivity index is 1.58. The van der Waals surface area contributed by atoms with Crippen molar-refractivity contribution in [1.82, 2.24) is 4.98 Å². The third-order valence-corrected chi connectivity index (χ3v) is 7.36. The summed E-state index contributed by atoms with van der Waals surface area (Å²) in [5.41, 5.74) is 2.60. The quantitative estimate of drug-likeness (QED) is 0.498. The lowest BCUT2D eigenvalue weighted by atomic mass is 10.1. The minimum Gasteiger partial charge on any atom is -0.310 e. The molecule has 0 saturated carbocycles. The number of amides is 2. The van der Waals surface area contributed by atoms with Crippen LogP contribution >= 0.6 is 39.0 Å². The van der Waals surface area contributed by atoms with E-state index in [1.807, 2.05) is 60.8 Å². The van der Waals surface area contributed by atoms with Crippen LogP contribution in [0.4, 0.5) is 10.8 Å². The first-order chi connectivity index (χ1) is 13.9. The predicted octanol–water partition coefficient (Wildman–Crippen LogP) is 5.43. The minimum atomic E-state index is -1.26. The number of nitrogens with zero attached hydrogens (tertiary/aromatic N) is 2. The van der Waals surface area contributed by atoms with Crippen LogP contribution in [0, 0.1) is 0 Å². The lowest BCUT2D eigenvalue weighted by Crippen LogP contribution is -2.54. The fourth-order valence-corrected chi connectivity index (χ4v) is 5.34. The van der Waals surface area contributed by atoms with Crippen LogP contribution in [-0.2, 0) is 9.59 Å². The first-order valence-electron chi connectivity index (χ1n) is 9.05. The average Bonchev–Trinajstić information content (AvgIpc) is 3.18. The van der Waals surface area contributed by atoms with Gasteiger partial charge in [-0.25, -0.2) is 4.98 Å². The van der Waals surface area contributed by atoms with E-state index in [0.29, 0.717) is 11.7 Å². The summed E-state index contributed by atoms with van der Waals surface area (Å²) in [6.07, 6.45) is 0. The van der Waals surface area contributed by atoms with Gasteiger partial charge >= 0.3 is 0 Å². The molecule has 1 aliphatic heterocycles. The summed E-state index contributed by atoms with van der Waals surface area (Å²) in [6, 6.07) is 15.5. The van der Waals surface area contributed by atoms with Crippen LogP contribution in [0.1, 0.15) is 13.8 Å². The number of hydrogen-bond donors (Lipinski definition) is 1. The Kier molecular flexibility index (Phi) is 5.50. The third kappa shape index (κ3) is 3.72. The molecule has 3 aromatic rings. The van der Waals surface area contributed by atoms with Crippen LogP contribution in [0.3, 0.4) is 0 Å². The van der Waals surface area contributed by atoms with Crippen molar-refractivity contribution in [1.29, 1.82) is 0 Å². The van der Waals surface area contributed by atoms with Gasteiger partial charge in [0.15, 0.2) is 9.88 Å². The van der Waals surface area contributed by atoms with E-state index in [-0.39, 0.29) is 11.8 Å². The molecule has 0 radical (unpaired) electrons. The smallest absolute Gasteiger partial charge is 0.252 e. The molecule has 0 fully saturated rings. The summed E-state index contributed by atoms with van der Waals surface area (Å²) in [4.78, 5) is 33.4. The number of carbonyl (C=O) groups excluding carboxylic acids is 2. The molecule has 4 rings (SSSR count). The molecule has 2 heterocycles. The molecule has 2 aromatic carbocycles. The van der Waals surface area contributed by atoms with E-state index in [4.69, 9.17) is 0 Å². The fraction of sp³-hybridized carbons (Fsp3) is 0.190. The van der Waals surface area contributed by atoms with Gasteiger partial charge in [-0.1, -0.05) is 52.0 Å². The Morgan fingerprint density at radius 3 is 2.66 bits per heavy atom. The fourth-order valence-electron chi connectivity index (χ4n) is 3.16. The number of nitrogens with one attached hydrogen (secondary N) is 1. The van der Waals surface area contributed by atoms with E-state index < -0.39 is 4.75 Å². The minimum absolute atomic E-state index is 0.217. The monoisotopic (exact) mass is 487 g/mol. The maximum Gasteiger partial charge on any atom is 0.252 e. The zero-order valence-corrected chi connectivity index (χ0v) is 19.0. The van der Waals surface area contributed by atoms with Crippen molar-refractivity contribution in [3.05, 3.63) is 58.4 Å². The van der Waals surface area contributed by atoms with Gasteiger partial charge in [-0.3, -0.25) is 9.59 Å². The van der Waals surface area contributed by atoms with Crippen molar-refractivity contribution in [3.63, 3.8) is 0 Å². The zero-order valence-electron chi connectivity index (χ0n) is 15.8. The van der Waals surface area contributed by atoms with E-state index in [2.05, 4.69) is 26.2 Å². The van der Waals surface area contributed by atoms with Crippen molar-refractivity contribution in [2.75, 3.05) is 16.8 Å². The van der Waals surface area contributed by atoms with Gasteiger partial charge < -0.3 is 10.2 Å². The highest BCUT2D eigenvalue weighted by atomic mass is 79.9. The average molecular weight is 488 g/mol. The van der Waals surface area contributed by atoms with Crippen molar-refractivity contribution < 1.29 is 9.59 Å². The molecule has 0 bridgehead atoms. The molecule has 1 aliphatic rings. The van der Waals surface area contributed by atoms with Gasteiger partial charge in [0.2, 0.25) is 0 Å². The SMILES string of the molecule is CCN1C(=O)C(C)(C(=O)Nc2nc(-c3ccc(Br)cc3)cs2)Sc2ccccc21. The van der Waals surface area contributed by atoms with Gasteiger partial charge in [0.05, 0.1) is 11.4 Å². The molecule has 8 heteroatoms. The second-order valence-electron chi connectivity index (χ2n) is 6.65. The topological polar surface area (TPSA) is 62.3 Å². The summed E-state index contributed by atoms with van der Waals surface area (Å²) in [5.74, 6) is -0.581. The molecule has 5 nitrogen and oxygen atoms in total. The Hall–Kier alpha value is -2.16. The number of aromatic nitrogens is 1. The molecule has 1 atom stereocenters. The lowest BCUT2D eigenvalue weighted by Gasteiger charge is -2.38. The molecule has 1 N–H and O–H groups in total. The van der Waals surface area contributed by atoms with Crippen molar-refractivity contribution >= 4 is 61.7 Å². The molecular weight excluding hydrogens is 470 g/mol. The van der Waals surface area contributed by atoms with Crippen LogP contribution in [0.2, 0.25) is 0 Å². The summed E-state index contributed by atoms with van der Waals surface area (Å²) in [6.45, 7) is 4.09. The molecule has 148 valence electrons. The maximum absolute atomic E-state index is 13.2. The van der Waals surface area contributed by atoms with Gasteiger partial charge in [0.1, 0.15) is 0 Å². The number of rotatable bonds is 4. The van der Waals surface area contributed by atoms with Crippen molar-refractivity contribution in [2.45, 2.75) is 23.5 Å². The summed E-state index contributed by atoms with van der Waals surface area (Å²) >= 11 is 6.05. The van der Waals surface area contributed by atoms with Gasteiger partial charge in [-0.05, 0) is 38.1 Å². The second-order valence-corrected chi connectivity index (χ2v) is 9.89. The first-order valence-corrected chi connectivity index (χ1v) is 11.5. The number of para-hydroxylation sites is 1. The predicted molar refractivity (Wildman–Crippen MR) is 123 cm³/mol. The molecule has 2 amide bonds. The Morgan fingerprint density at radius 2 is 1.93 bits per heavy atom. The van der Waals surface area contributed by atoms with Gasteiger partial charge in [0, 0.05) is 26.9 Å². The largest absolute Gasteiger partial charge is 0.310 e. The van der Waals surface area contributed by atoms with Crippen LogP contribution in [-0.4, -0.2) is 28.1 Å². The Labute approximate surface area is 185 Å². The highest BCUT2D eigenvalue weighted by molar-refractivity contribution is 9.10. The molecular formula is C21H18BrN3O2S2.